The summed E-state index contributed by atoms with van der Waals surface area (Å²) in [6, 6.07) is 18.7. The topological polar surface area (TPSA) is 94.0 Å². The van der Waals surface area contributed by atoms with Crippen molar-refractivity contribution < 1.29 is 9.53 Å². The summed E-state index contributed by atoms with van der Waals surface area (Å²) in [6.45, 7) is 3.90. The van der Waals surface area contributed by atoms with Gasteiger partial charge in [-0.05, 0) is 49.7 Å². The lowest BCUT2D eigenvalue weighted by atomic mass is 9.95. The highest BCUT2D eigenvalue weighted by molar-refractivity contribution is 6.06. The molecule has 2 N–H and O–H groups in total. The molecular weight excluding hydrogens is 428 g/mol. The zero-order valence-corrected chi connectivity index (χ0v) is 19.1. The first-order valence-corrected chi connectivity index (χ1v) is 10.9. The van der Waals surface area contributed by atoms with Crippen molar-refractivity contribution >= 4 is 17.5 Å². The third kappa shape index (κ3) is 4.01. The van der Waals surface area contributed by atoms with Crippen LogP contribution in [0.25, 0.3) is 11.4 Å². The number of rotatable bonds is 5. The van der Waals surface area contributed by atoms with E-state index in [1.165, 1.54) is 0 Å². The molecule has 0 bridgehead atoms. The lowest BCUT2D eigenvalue weighted by Gasteiger charge is -2.28. The van der Waals surface area contributed by atoms with E-state index in [0.717, 1.165) is 16.7 Å². The molecule has 0 saturated carbocycles. The van der Waals surface area contributed by atoms with Gasteiger partial charge in [-0.1, -0.05) is 35.9 Å². The number of nitrogens with one attached hydrogen (secondary N) is 2. The Balaban J connectivity index is 1.62. The van der Waals surface area contributed by atoms with Crippen LogP contribution in [0.1, 0.15) is 24.1 Å². The number of benzene rings is 2. The fourth-order valence-electron chi connectivity index (χ4n) is 4.11. The molecule has 0 radical (unpaired) electrons. The van der Waals surface area contributed by atoms with E-state index in [1.54, 1.807) is 36.3 Å². The van der Waals surface area contributed by atoms with E-state index in [4.69, 9.17) is 14.8 Å². The number of carbonyl (C=O) groups excluding carboxylic acids is 1. The van der Waals surface area contributed by atoms with Crippen molar-refractivity contribution in [3.05, 3.63) is 95.5 Å². The summed E-state index contributed by atoms with van der Waals surface area (Å²) in [5, 5.41) is 11.1. The van der Waals surface area contributed by atoms with Crippen molar-refractivity contribution in [1.82, 2.24) is 19.7 Å². The lowest BCUT2D eigenvalue weighted by Crippen LogP contribution is -2.31. The average Bonchev–Trinajstić information content (AvgIpc) is 3.27. The van der Waals surface area contributed by atoms with Gasteiger partial charge in [0.15, 0.2) is 5.82 Å². The third-order valence-electron chi connectivity index (χ3n) is 5.70. The predicted octanol–water partition coefficient (Wildman–Crippen LogP) is 4.58. The smallest absolute Gasteiger partial charge is 0.255 e. The highest BCUT2D eigenvalue weighted by atomic mass is 16.5. The van der Waals surface area contributed by atoms with Crippen molar-refractivity contribution in [2.45, 2.75) is 19.9 Å². The summed E-state index contributed by atoms with van der Waals surface area (Å²) in [7, 11) is 1.62. The molecule has 5 rings (SSSR count). The molecule has 4 aromatic rings. The quantitative estimate of drug-likeness (QED) is 0.460. The summed E-state index contributed by atoms with van der Waals surface area (Å²) in [5.41, 5.74) is 4.73. The summed E-state index contributed by atoms with van der Waals surface area (Å²) < 4.78 is 7.22. The Morgan fingerprint density at radius 1 is 1.09 bits per heavy atom. The van der Waals surface area contributed by atoms with Gasteiger partial charge < -0.3 is 15.4 Å². The van der Waals surface area contributed by atoms with Crippen LogP contribution >= 0.6 is 0 Å². The maximum atomic E-state index is 13.5. The Bertz CT molecular complexity index is 1390. The SMILES string of the molecule is COc1cccc(C2C(C(=O)Nc3cccnc3)=C(C)Nc3nc(-c4cccc(C)c4)nn32)c1. The second-order valence-electron chi connectivity index (χ2n) is 8.11. The van der Waals surface area contributed by atoms with Crippen molar-refractivity contribution in [3.8, 4) is 17.1 Å². The minimum absolute atomic E-state index is 0.246. The predicted molar refractivity (Wildman–Crippen MR) is 131 cm³/mol. The maximum Gasteiger partial charge on any atom is 0.255 e. The van der Waals surface area contributed by atoms with Gasteiger partial charge in [0.1, 0.15) is 11.8 Å². The molecule has 1 aliphatic rings. The fourth-order valence-corrected chi connectivity index (χ4v) is 4.11. The van der Waals surface area contributed by atoms with Gasteiger partial charge in [-0.2, -0.15) is 4.98 Å². The molecule has 0 aliphatic carbocycles. The first kappa shape index (κ1) is 21.4. The zero-order valence-electron chi connectivity index (χ0n) is 19.1. The Hall–Kier alpha value is -4.46. The number of aryl methyl sites for hydroxylation is 1. The molecule has 1 amide bonds. The van der Waals surface area contributed by atoms with Crippen molar-refractivity contribution in [2.24, 2.45) is 0 Å². The number of nitrogens with zero attached hydrogens (tertiary/aromatic N) is 4. The van der Waals surface area contributed by atoms with E-state index in [-0.39, 0.29) is 5.91 Å². The summed E-state index contributed by atoms with van der Waals surface area (Å²) in [5.74, 6) is 1.60. The fraction of sp³-hybridized carbons (Fsp3) is 0.154. The number of hydrogen-bond donors (Lipinski definition) is 2. The number of pyridine rings is 1. The molecule has 3 heterocycles. The normalized spacial score (nSPS) is 14.9. The summed E-state index contributed by atoms with van der Waals surface area (Å²) in [4.78, 5) is 22.4. The van der Waals surface area contributed by atoms with Crippen LogP contribution in [0.3, 0.4) is 0 Å². The Morgan fingerprint density at radius 2 is 1.94 bits per heavy atom. The van der Waals surface area contributed by atoms with Crippen LogP contribution in [0.5, 0.6) is 5.75 Å². The number of allylic oxidation sites excluding steroid dienone is 1. The molecule has 1 atom stereocenters. The number of ether oxygens (including phenoxy) is 1. The largest absolute Gasteiger partial charge is 0.497 e. The lowest BCUT2D eigenvalue weighted by molar-refractivity contribution is -0.113. The number of hydrogen-bond acceptors (Lipinski definition) is 6. The van der Waals surface area contributed by atoms with Crippen LogP contribution in [-0.2, 0) is 4.79 Å². The van der Waals surface area contributed by atoms with Crippen LogP contribution in [0.15, 0.2) is 84.3 Å². The van der Waals surface area contributed by atoms with E-state index in [2.05, 4.69) is 15.6 Å². The second kappa shape index (κ2) is 8.82. The number of anilines is 2. The van der Waals surface area contributed by atoms with E-state index >= 15 is 0 Å². The third-order valence-corrected chi connectivity index (χ3v) is 5.70. The minimum Gasteiger partial charge on any atom is -0.497 e. The van der Waals surface area contributed by atoms with Gasteiger partial charge in [0.2, 0.25) is 5.95 Å². The maximum absolute atomic E-state index is 13.5. The molecule has 2 aromatic heterocycles. The molecule has 170 valence electrons. The molecule has 1 aliphatic heterocycles. The summed E-state index contributed by atoms with van der Waals surface area (Å²) >= 11 is 0. The Labute approximate surface area is 197 Å². The molecule has 2 aromatic carbocycles. The van der Waals surface area contributed by atoms with Crippen molar-refractivity contribution in [3.63, 3.8) is 0 Å². The van der Waals surface area contributed by atoms with Gasteiger partial charge in [0.05, 0.1) is 24.6 Å². The Morgan fingerprint density at radius 3 is 2.71 bits per heavy atom. The highest BCUT2D eigenvalue weighted by Gasteiger charge is 2.34. The minimum atomic E-state index is -0.505. The van der Waals surface area contributed by atoms with Gasteiger partial charge in [-0.25, -0.2) is 4.68 Å². The van der Waals surface area contributed by atoms with Crippen molar-refractivity contribution in [2.75, 3.05) is 17.7 Å². The molecule has 0 spiro atoms. The average molecular weight is 453 g/mol. The number of fused-ring (bicyclic) bond motifs is 1. The van der Waals surface area contributed by atoms with E-state index < -0.39 is 6.04 Å². The highest BCUT2D eigenvalue weighted by Crippen LogP contribution is 2.37. The van der Waals surface area contributed by atoms with Crippen LogP contribution in [-0.4, -0.2) is 32.8 Å². The molecular formula is C26H24N6O2. The summed E-state index contributed by atoms with van der Waals surface area (Å²) in [6.07, 6.45) is 3.28. The van der Waals surface area contributed by atoms with Gasteiger partial charge in [-0.3, -0.25) is 9.78 Å². The van der Waals surface area contributed by atoms with Crippen molar-refractivity contribution in [1.29, 1.82) is 0 Å². The zero-order chi connectivity index (χ0) is 23.7. The van der Waals surface area contributed by atoms with Crippen LogP contribution in [0.4, 0.5) is 11.6 Å². The molecule has 0 fully saturated rings. The van der Waals surface area contributed by atoms with Crippen LogP contribution in [0.2, 0.25) is 0 Å². The number of aromatic nitrogens is 4. The Kier molecular flexibility index (Phi) is 5.55. The molecule has 0 saturated heterocycles. The second-order valence-corrected chi connectivity index (χ2v) is 8.11. The van der Waals surface area contributed by atoms with Gasteiger partial charge in [0.25, 0.3) is 5.91 Å². The molecule has 1 unspecified atom stereocenters. The molecule has 34 heavy (non-hydrogen) atoms. The van der Waals surface area contributed by atoms with Gasteiger partial charge >= 0.3 is 0 Å². The molecule has 8 heteroatoms. The van der Waals surface area contributed by atoms with Crippen LogP contribution in [0, 0.1) is 6.92 Å². The number of amides is 1. The first-order valence-electron chi connectivity index (χ1n) is 10.9. The van der Waals surface area contributed by atoms with Gasteiger partial charge in [0, 0.05) is 17.5 Å². The number of carbonyl (C=O) groups is 1. The van der Waals surface area contributed by atoms with E-state index in [1.807, 2.05) is 62.4 Å². The molecule has 8 nitrogen and oxygen atoms in total. The monoisotopic (exact) mass is 452 g/mol. The number of methoxy groups -OCH3 is 1. The van der Waals surface area contributed by atoms with E-state index in [9.17, 15) is 4.79 Å². The standard InChI is InChI=1S/C26H24N6O2/c1-16-7-4-9-19(13-16)24-30-26-28-17(2)22(25(33)29-20-10-6-12-27-15-20)23(32(26)31-24)18-8-5-11-21(14-18)34-3/h4-15,23H,1-3H3,(H,29,33)(H,28,30,31). The van der Waals surface area contributed by atoms with E-state index in [0.29, 0.717) is 34.5 Å². The first-order chi connectivity index (χ1) is 16.5. The van der Waals surface area contributed by atoms with Gasteiger partial charge in [-0.15, -0.1) is 5.10 Å². The van der Waals surface area contributed by atoms with Crippen LogP contribution < -0.4 is 15.4 Å².